The first-order valence-electron chi connectivity index (χ1n) is 34.2. The lowest BCUT2D eigenvalue weighted by atomic mass is 10.0. The van der Waals surface area contributed by atoms with Crippen LogP contribution in [0.15, 0.2) is 60.8 Å². The summed E-state index contributed by atoms with van der Waals surface area (Å²) in [5, 5.41) is 9.87. The zero-order valence-electron chi connectivity index (χ0n) is 53.2. The Hall–Kier alpha value is -2.82. The average molecular weight is 1180 g/mol. The number of hydrogen-bond donors (Lipinski definition) is 2. The quantitative estimate of drug-likeness (QED) is 0.0197. The molecule has 0 aromatic rings. The van der Waals surface area contributed by atoms with Crippen LogP contribution in [0, 0.1) is 0 Å². The molecule has 0 saturated heterocycles. The summed E-state index contributed by atoms with van der Waals surface area (Å²) in [6, 6.07) is 0. The number of carbonyl (C=O) groups is 3. The molecule has 0 bridgehead atoms. The van der Waals surface area contributed by atoms with Gasteiger partial charge in [-0.3, -0.25) is 23.4 Å². The standard InChI is InChI=1S/C70H127O11P/c1-4-7-10-13-16-19-22-25-28-31-33-36-38-41-44-47-50-53-56-59-68(72)77-63-67(81-70(74)61-58-55-52-49-46-43-40-37-34-32-29-26-23-20-17-14-11-8-5-2)65-79-82(75,76)78-64-66(62-71)80-69(73)60-57-54-51-48-45-42-39-35-30-27-24-21-18-15-12-9-6-3/h8,11,17,20,25-26,28-29,34,37,66-67,71H,4-7,9-10,12-16,18-19,21-24,27,30-33,35-36,38-65H2,1-3H3,(H,75,76)/b11-8-,20-17-,28-25-,29-26-,37-34-. The van der Waals surface area contributed by atoms with Gasteiger partial charge in [0.1, 0.15) is 12.7 Å². The van der Waals surface area contributed by atoms with Crippen molar-refractivity contribution in [1.82, 2.24) is 0 Å². The zero-order chi connectivity index (χ0) is 59.8. The van der Waals surface area contributed by atoms with Crippen molar-refractivity contribution in [3.8, 4) is 0 Å². The van der Waals surface area contributed by atoms with E-state index in [-0.39, 0.29) is 25.9 Å². The molecule has 0 aromatic heterocycles. The van der Waals surface area contributed by atoms with Crippen molar-refractivity contribution in [1.29, 1.82) is 0 Å². The predicted molar refractivity (Wildman–Crippen MR) is 344 cm³/mol. The molecule has 0 aliphatic heterocycles. The number of hydrogen-bond acceptors (Lipinski definition) is 10. The second-order valence-electron chi connectivity index (χ2n) is 23.0. The highest BCUT2D eigenvalue weighted by atomic mass is 31.2. The number of carbonyl (C=O) groups excluding carboxylic acids is 3. The summed E-state index contributed by atoms with van der Waals surface area (Å²) in [6.45, 7) is 4.59. The maximum atomic E-state index is 13.0. The number of phosphoric acid groups is 1. The van der Waals surface area contributed by atoms with E-state index >= 15 is 0 Å². The van der Waals surface area contributed by atoms with Gasteiger partial charge in [0.25, 0.3) is 0 Å². The van der Waals surface area contributed by atoms with Crippen LogP contribution in [0.2, 0.25) is 0 Å². The fourth-order valence-electron chi connectivity index (χ4n) is 9.76. The molecule has 3 atom stereocenters. The van der Waals surface area contributed by atoms with Crippen LogP contribution in [-0.2, 0) is 42.2 Å². The summed E-state index contributed by atoms with van der Waals surface area (Å²) < 4.78 is 39.8. The fraction of sp³-hybridized carbons (Fsp3) is 0.814. The van der Waals surface area contributed by atoms with Gasteiger partial charge in [0.2, 0.25) is 0 Å². The van der Waals surface area contributed by atoms with Crippen molar-refractivity contribution < 1.29 is 52.2 Å². The van der Waals surface area contributed by atoms with Gasteiger partial charge in [0.05, 0.1) is 19.8 Å². The number of ether oxygens (including phenoxy) is 3. The fourth-order valence-corrected chi connectivity index (χ4v) is 10.5. The number of allylic oxidation sites excluding steroid dienone is 10. The molecule has 0 aliphatic carbocycles. The third kappa shape index (κ3) is 61.7. The average Bonchev–Trinajstić information content (AvgIpc) is 3.50. The molecule has 0 amide bonds. The topological polar surface area (TPSA) is 155 Å². The van der Waals surface area contributed by atoms with E-state index in [1.165, 1.54) is 167 Å². The van der Waals surface area contributed by atoms with Crippen LogP contribution in [0.4, 0.5) is 0 Å². The van der Waals surface area contributed by atoms with Crippen molar-refractivity contribution in [3.05, 3.63) is 60.8 Å². The molecule has 82 heavy (non-hydrogen) atoms. The highest BCUT2D eigenvalue weighted by molar-refractivity contribution is 7.47. The largest absolute Gasteiger partial charge is 0.472 e. The Kier molecular flexibility index (Phi) is 62.0. The molecule has 3 unspecified atom stereocenters. The number of esters is 3. The normalized spacial score (nSPS) is 13.6. The van der Waals surface area contributed by atoms with Gasteiger partial charge in [0.15, 0.2) is 6.10 Å². The highest BCUT2D eigenvalue weighted by Crippen LogP contribution is 2.43. The second kappa shape index (κ2) is 64.2. The molecule has 0 fully saturated rings. The SMILES string of the molecule is CC/C=C\C/C=C\C/C=C\C/C=C\CCCCCCCCC(=O)OC(COC(=O)CCCCCCCCCCC/C=C\CCCCCCCC)COP(=O)(O)OCC(CO)OC(=O)CCCCCCCCCCCCCCCCCCC. The smallest absolute Gasteiger partial charge is 0.462 e. The molecule has 0 radical (unpaired) electrons. The Bertz CT molecular complexity index is 1610. The van der Waals surface area contributed by atoms with Crippen molar-refractivity contribution >= 4 is 25.7 Å². The Morgan fingerprint density at radius 1 is 0.354 bits per heavy atom. The van der Waals surface area contributed by atoms with E-state index < -0.39 is 57.8 Å². The molecule has 11 nitrogen and oxygen atoms in total. The molecule has 12 heteroatoms. The van der Waals surface area contributed by atoms with Crippen LogP contribution in [0.1, 0.15) is 329 Å². The molecule has 0 aliphatic rings. The molecule has 0 rings (SSSR count). The molecule has 0 saturated carbocycles. The zero-order valence-corrected chi connectivity index (χ0v) is 54.1. The van der Waals surface area contributed by atoms with E-state index in [4.69, 9.17) is 23.3 Å². The van der Waals surface area contributed by atoms with Crippen LogP contribution in [0.3, 0.4) is 0 Å². The number of rotatable bonds is 64. The Morgan fingerprint density at radius 3 is 0.988 bits per heavy atom. The Morgan fingerprint density at radius 2 is 0.634 bits per heavy atom. The minimum Gasteiger partial charge on any atom is -0.462 e. The minimum atomic E-state index is -4.76. The number of unbranched alkanes of at least 4 members (excludes halogenated alkanes) is 37. The van der Waals surface area contributed by atoms with Crippen molar-refractivity contribution in [2.45, 2.75) is 341 Å². The lowest BCUT2D eigenvalue weighted by Crippen LogP contribution is -2.30. The molecular weight excluding hydrogens is 1050 g/mol. The van der Waals surface area contributed by atoms with Gasteiger partial charge in [0, 0.05) is 19.3 Å². The number of aliphatic hydroxyl groups excluding tert-OH is 1. The summed E-state index contributed by atoms with van der Waals surface area (Å²) >= 11 is 0. The van der Waals surface area contributed by atoms with Crippen LogP contribution in [-0.4, -0.2) is 66.5 Å². The van der Waals surface area contributed by atoms with E-state index in [0.29, 0.717) is 19.3 Å². The summed E-state index contributed by atoms with van der Waals surface area (Å²) in [5.41, 5.74) is 0. The summed E-state index contributed by atoms with van der Waals surface area (Å²) in [5.74, 6) is -1.46. The van der Waals surface area contributed by atoms with Gasteiger partial charge in [-0.05, 0) is 83.5 Å². The van der Waals surface area contributed by atoms with Gasteiger partial charge < -0.3 is 24.2 Å². The van der Waals surface area contributed by atoms with Crippen molar-refractivity contribution in [2.24, 2.45) is 0 Å². The first kappa shape index (κ1) is 79.2. The van der Waals surface area contributed by atoms with Crippen molar-refractivity contribution in [3.63, 3.8) is 0 Å². The summed E-state index contributed by atoms with van der Waals surface area (Å²) in [4.78, 5) is 48.9. The molecule has 0 aromatic carbocycles. The van der Waals surface area contributed by atoms with Gasteiger partial charge in [-0.25, -0.2) is 4.57 Å². The molecule has 0 heterocycles. The Labute approximate surface area is 504 Å². The van der Waals surface area contributed by atoms with Crippen LogP contribution < -0.4 is 0 Å². The Balaban J connectivity index is 4.68. The lowest BCUT2D eigenvalue weighted by molar-refractivity contribution is -0.161. The maximum Gasteiger partial charge on any atom is 0.472 e. The highest BCUT2D eigenvalue weighted by Gasteiger charge is 2.28. The van der Waals surface area contributed by atoms with Gasteiger partial charge in [-0.2, -0.15) is 0 Å². The first-order valence-corrected chi connectivity index (χ1v) is 35.7. The third-order valence-corrected chi connectivity index (χ3v) is 15.9. The van der Waals surface area contributed by atoms with Crippen LogP contribution in [0.25, 0.3) is 0 Å². The van der Waals surface area contributed by atoms with E-state index in [1.54, 1.807) is 0 Å². The second-order valence-corrected chi connectivity index (χ2v) is 24.4. The van der Waals surface area contributed by atoms with Gasteiger partial charge in [-0.15, -0.1) is 0 Å². The van der Waals surface area contributed by atoms with Crippen LogP contribution in [0.5, 0.6) is 0 Å². The summed E-state index contributed by atoms with van der Waals surface area (Å²) in [6.07, 6.45) is 73.1. The molecular formula is C70H127O11P. The van der Waals surface area contributed by atoms with Crippen LogP contribution >= 0.6 is 7.82 Å². The van der Waals surface area contributed by atoms with E-state index in [0.717, 1.165) is 103 Å². The molecule has 2 N–H and O–H groups in total. The molecule has 478 valence electrons. The maximum absolute atomic E-state index is 13.0. The monoisotopic (exact) mass is 1170 g/mol. The lowest BCUT2D eigenvalue weighted by Gasteiger charge is -2.21. The van der Waals surface area contributed by atoms with Gasteiger partial charge >= 0.3 is 25.7 Å². The van der Waals surface area contributed by atoms with E-state index in [2.05, 4.69) is 81.5 Å². The first-order chi connectivity index (χ1) is 40.2. The van der Waals surface area contributed by atoms with E-state index in [1.807, 2.05) is 0 Å². The predicted octanol–water partition coefficient (Wildman–Crippen LogP) is 21.0. The van der Waals surface area contributed by atoms with Crippen molar-refractivity contribution in [2.75, 3.05) is 26.4 Å². The minimum absolute atomic E-state index is 0.152. The van der Waals surface area contributed by atoms with E-state index in [9.17, 15) is 28.9 Å². The third-order valence-electron chi connectivity index (χ3n) is 14.9. The summed E-state index contributed by atoms with van der Waals surface area (Å²) in [7, 11) is -4.76. The van der Waals surface area contributed by atoms with Gasteiger partial charge in [-0.1, -0.05) is 287 Å². The number of phosphoric ester groups is 1. The molecule has 0 spiro atoms. The number of aliphatic hydroxyl groups is 1.